The van der Waals surface area contributed by atoms with Crippen LogP contribution in [0.2, 0.25) is 0 Å². The molecule has 166 valence electrons. The van der Waals surface area contributed by atoms with Crippen LogP contribution in [0.15, 0.2) is 69.8 Å². The summed E-state index contributed by atoms with van der Waals surface area (Å²) in [7, 11) is -1.27. The van der Waals surface area contributed by atoms with Crippen molar-refractivity contribution < 1.29 is 8.73 Å². The second-order valence-corrected chi connectivity index (χ2v) is 11.7. The first kappa shape index (κ1) is 22.8. The number of hydrogen-bond acceptors (Lipinski definition) is 4. The van der Waals surface area contributed by atoms with Gasteiger partial charge >= 0.3 is 0 Å². The zero-order valence-corrected chi connectivity index (χ0v) is 21.0. The second-order valence-electron chi connectivity index (χ2n) is 8.79. The largest absolute Gasteiger partial charge is 0.356 e. The van der Waals surface area contributed by atoms with Crippen LogP contribution < -0.4 is 4.72 Å². The van der Waals surface area contributed by atoms with Crippen molar-refractivity contribution in [2.24, 2.45) is 0 Å². The lowest BCUT2D eigenvalue weighted by Crippen LogP contribution is -2.37. The summed E-state index contributed by atoms with van der Waals surface area (Å²) in [6.45, 7) is 7.94. The molecular formula is C25H26BrN3O2S. The van der Waals surface area contributed by atoms with Gasteiger partial charge < -0.3 is 4.52 Å². The monoisotopic (exact) mass is 511 g/mol. The Morgan fingerprint density at radius 2 is 1.84 bits per heavy atom. The minimum absolute atomic E-state index is 0.228. The van der Waals surface area contributed by atoms with Gasteiger partial charge in [0.15, 0.2) is 5.58 Å². The van der Waals surface area contributed by atoms with Crippen LogP contribution >= 0.6 is 15.9 Å². The van der Waals surface area contributed by atoms with E-state index in [1.807, 2.05) is 70.2 Å². The maximum Gasteiger partial charge on any atom is 0.167 e. The van der Waals surface area contributed by atoms with Crippen LogP contribution in [0, 0.1) is 6.92 Å². The number of nitrogens with one attached hydrogen (secondary N) is 1. The zero-order valence-electron chi connectivity index (χ0n) is 18.6. The van der Waals surface area contributed by atoms with Gasteiger partial charge in [-0.05, 0) is 73.0 Å². The summed E-state index contributed by atoms with van der Waals surface area (Å²) in [5.41, 5.74) is 5.52. The lowest BCUT2D eigenvalue weighted by Gasteiger charge is -2.26. The summed E-state index contributed by atoms with van der Waals surface area (Å²) in [6.07, 6.45) is 2.39. The molecule has 32 heavy (non-hydrogen) atoms. The lowest BCUT2D eigenvalue weighted by molar-refractivity contribution is 0.459. The molecule has 1 N–H and O–H groups in total. The third-order valence-corrected chi connectivity index (χ3v) is 7.37. The van der Waals surface area contributed by atoms with Crippen LogP contribution in [-0.2, 0) is 17.4 Å². The molecule has 0 amide bonds. The van der Waals surface area contributed by atoms with Crippen LogP contribution in [0.5, 0.6) is 0 Å². The van der Waals surface area contributed by atoms with Crippen LogP contribution in [0.3, 0.4) is 0 Å². The minimum Gasteiger partial charge on any atom is -0.356 e. The molecule has 0 spiro atoms. The molecule has 2 aromatic heterocycles. The van der Waals surface area contributed by atoms with Crippen molar-refractivity contribution in [3.63, 3.8) is 0 Å². The Bertz CT molecular complexity index is 1280. The number of para-hydroxylation sites is 1. The maximum atomic E-state index is 13.1. The quantitative estimate of drug-likeness (QED) is 0.330. The van der Waals surface area contributed by atoms with E-state index in [4.69, 9.17) is 4.52 Å². The van der Waals surface area contributed by atoms with E-state index in [-0.39, 0.29) is 6.04 Å². The van der Waals surface area contributed by atoms with Crippen LogP contribution in [0.4, 0.5) is 0 Å². The number of pyridine rings is 1. The topological polar surface area (TPSA) is 68.0 Å². The molecule has 0 saturated heterocycles. The third kappa shape index (κ3) is 4.85. The molecule has 0 aliphatic heterocycles. The highest BCUT2D eigenvalue weighted by Gasteiger charge is 2.27. The van der Waals surface area contributed by atoms with E-state index in [1.54, 1.807) is 6.20 Å². The van der Waals surface area contributed by atoms with E-state index in [1.165, 1.54) is 0 Å². The molecule has 0 bridgehead atoms. The standard InChI is InChI=1S/C25H26BrN3O2S/c1-16-13-17(26)15-27-21(16)14-22(29-32(30)25(2,3)4)18-9-5-6-10-19(18)24-20-11-7-8-12-23(20)31-28-24/h5-13,15,22,29H,14H2,1-4H3/t22-,32?/m0/s1. The molecular weight excluding hydrogens is 486 g/mol. The van der Waals surface area contributed by atoms with E-state index in [0.717, 1.165) is 43.5 Å². The second kappa shape index (κ2) is 9.25. The number of aromatic nitrogens is 2. The van der Waals surface area contributed by atoms with E-state index in [0.29, 0.717) is 6.42 Å². The maximum absolute atomic E-state index is 13.1. The van der Waals surface area contributed by atoms with E-state index < -0.39 is 15.7 Å². The number of halogens is 1. The summed E-state index contributed by atoms with van der Waals surface area (Å²) >= 11 is 3.49. The molecule has 0 aliphatic rings. The highest BCUT2D eigenvalue weighted by Crippen LogP contribution is 2.35. The van der Waals surface area contributed by atoms with Crippen LogP contribution in [-0.4, -0.2) is 19.1 Å². The molecule has 4 aromatic rings. The van der Waals surface area contributed by atoms with Gasteiger partial charge in [-0.3, -0.25) is 4.98 Å². The van der Waals surface area contributed by atoms with E-state index in [2.05, 4.69) is 42.9 Å². The van der Waals surface area contributed by atoms with Gasteiger partial charge in [-0.1, -0.05) is 41.6 Å². The first-order valence-electron chi connectivity index (χ1n) is 10.5. The Morgan fingerprint density at radius 1 is 1.12 bits per heavy atom. The Morgan fingerprint density at radius 3 is 2.59 bits per heavy atom. The summed E-state index contributed by atoms with van der Waals surface area (Å²) in [5.74, 6) is 0. The van der Waals surface area contributed by atoms with E-state index in [9.17, 15) is 4.21 Å². The minimum atomic E-state index is -1.27. The number of aryl methyl sites for hydroxylation is 1. The van der Waals surface area contributed by atoms with Crippen LogP contribution in [0.1, 0.15) is 43.6 Å². The van der Waals surface area contributed by atoms with Gasteiger partial charge in [-0.2, -0.15) is 0 Å². The van der Waals surface area contributed by atoms with Crippen LogP contribution in [0.25, 0.3) is 22.2 Å². The summed E-state index contributed by atoms with van der Waals surface area (Å²) in [5, 5.41) is 5.32. The Kier molecular flexibility index (Phi) is 6.60. The van der Waals surface area contributed by atoms with Gasteiger partial charge in [0.2, 0.25) is 0 Å². The van der Waals surface area contributed by atoms with Crippen molar-refractivity contribution in [3.8, 4) is 11.3 Å². The number of nitrogens with zero attached hydrogens (tertiary/aromatic N) is 2. The molecule has 1 unspecified atom stereocenters. The fourth-order valence-electron chi connectivity index (χ4n) is 3.59. The van der Waals surface area contributed by atoms with E-state index >= 15 is 0 Å². The molecule has 0 aliphatic carbocycles. The lowest BCUT2D eigenvalue weighted by atomic mass is 9.93. The SMILES string of the molecule is Cc1cc(Br)cnc1C[C@H](NS(=O)C(C)(C)C)c1ccccc1-c1noc2ccccc12. The van der Waals surface area contributed by atoms with Gasteiger partial charge in [0.05, 0.1) is 21.8 Å². The molecule has 2 heterocycles. The molecule has 4 rings (SSSR count). The highest BCUT2D eigenvalue weighted by molar-refractivity contribution is 9.10. The Balaban J connectivity index is 1.81. The van der Waals surface area contributed by atoms with Crippen molar-refractivity contribution in [1.29, 1.82) is 0 Å². The average molecular weight is 512 g/mol. The fraction of sp³-hybridized carbons (Fsp3) is 0.280. The summed E-state index contributed by atoms with van der Waals surface area (Å²) in [6, 6.07) is 17.7. The number of benzene rings is 2. The molecule has 2 atom stereocenters. The predicted molar refractivity (Wildman–Crippen MR) is 134 cm³/mol. The molecule has 0 radical (unpaired) electrons. The van der Waals surface area contributed by atoms with Crippen molar-refractivity contribution in [3.05, 3.63) is 82.1 Å². The molecule has 2 aromatic carbocycles. The first-order chi connectivity index (χ1) is 15.2. The normalized spacial score (nSPS) is 13.9. The van der Waals surface area contributed by atoms with Gasteiger partial charge in [0, 0.05) is 33.7 Å². The average Bonchev–Trinajstić information content (AvgIpc) is 3.18. The summed E-state index contributed by atoms with van der Waals surface area (Å²) < 4.78 is 22.6. The van der Waals surface area contributed by atoms with Gasteiger partial charge in [0.1, 0.15) is 5.69 Å². The van der Waals surface area contributed by atoms with Crippen molar-refractivity contribution in [2.45, 2.75) is 44.9 Å². The predicted octanol–water partition coefficient (Wildman–Crippen LogP) is 6.30. The van der Waals surface area contributed by atoms with Gasteiger partial charge in [0.25, 0.3) is 0 Å². The number of rotatable bonds is 6. The number of fused-ring (bicyclic) bond motifs is 1. The molecule has 5 nitrogen and oxygen atoms in total. The fourth-order valence-corrected chi connectivity index (χ4v) is 4.86. The van der Waals surface area contributed by atoms with Gasteiger partial charge in [-0.25, -0.2) is 8.93 Å². The zero-order chi connectivity index (χ0) is 22.9. The Hall–Kier alpha value is -2.35. The first-order valence-corrected chi connectivity index (χ1v) is 12.4. The third-order valence-electron chi connectivity index (χ3n) is 5.33. The van der Waals surface area contributed by atoms with Crippen molar-refractivity contribution >= 4 is 37.9 Å². The van der Waals surface area contributed by atoms with Crippen molar-refractivity contribution in [1.82, 2.24) is 14.9 Å². The van der Waals surface area contributed by atoms with Gasteiger partial charge in [-0.15, -0.1) is 0 Å². The highest BCUT2D eigenvalue weighted by atomic mass is 79.9. The van der Waals surface area contributed by atoms with Crippen molar-refractivity contribution in [2.75, 3.05) is 0 Å². The molecule has 0 saturated carbocycles. The Labute approximate surface area is 199 Å². The number of hydrogen-bond donors (Lipinski definition) is 1. The molecule has 0 fully saturated rings. The molecule has 7 heteroatoms. The smallest absolute Gasteiger partial charge is 0.167 e. The summed E-state index contributed by atoms with van der Waals surface area (Å²) in [4.78, 5) is 4.63.